The normalized spacial score (nSPS) is 22.2. The lowest BCUT2D eigenvalue weighted by Gasteiger charge is -2.35. The number of ketones is 2. The quantitative estimate of drug-likeness (QED) is 0.745. The smallest absolute Gasteiger partial charge is 0.149 e. The lowest BCUT2D eigenvalue weighted by molar-refractivity contribution is -0.136. The molecule has 1 heterocycles. The van der Waals surface area contributed by atoms with Crippen LogP contribution in [-0.2, 0) is 9.59 Å². The van der Waals surface area contributed by atoms with Crippen LogP contribution in [0.3, 0.4) is 0 Å². The van der Waals surface area contributed by atoms with E-state index < -0.39 is 5.92 Å². The van der Waals surface area contributed by atoms with Crippen LogP contribution >= 0.6 is 0 Å². The third-order valence-electron chi connectivity index (χ3n) is 5.20. The van der Waals surface area contributed by atoms with Gasteiger partial charge in [0.2, 0.25) is 0 Å². The highest BCUT2D eigenvalue weighted by Gasteiger charge is 2.47. The second kappa shape index (κ2) is 5.00. The van der Waals surface area contributed by atoms with Gasteiger partial charge in [-0.1, -0.05) is 12.8 Å². The largest absolute Gasteiger partial charge is 0.298 e. The van der Waals surface area contributed by atoms with Gasteiger partial charge in [0.25, 0.3) is 0 Å². The van der Waals surface area contributed by atoms with Crippen molar-refractivity contribution < 1.29 is 9.59 Å². The minimum atomic E-state index is -0.678. The second-order valence-electron chi connectivity index (χ2n) is 6.79. The standard InChI is InChI=1S/C17H22N2O2/c1-10-11(2)19-16(12(3)18-10)15-13(20)8-17(9-14(15)21)6-4-5-7-17/h15H,4-9H2,1-3H3. The Bertz CT molecular complexity index is 595. The Morgan fingerprint density at radius 3 is 1.95 bits per heavy atom. The molecule has 112 valence electrons. The van der Waals surface area contributed by atoms with E-state index in [9.17, 15) is 9.59 Å². The van der Waals surface area contributed by atoms with Gasteiger partial charge in [0.15, 0.2) is 0 Å². The third kappa shape index (κ3) is 2.41. The monoisotopic (exact) mass is 286 g/mol. The van der Waals surface area contributed by atoms with Crippen molar-refractivity contribution in [3.63, 3.8) is 0 Å². The van der Waals surface area contributed by atoms with Crippen molar-refractivity contribution in [2.75, 3.05) is 0 Å². The number of rotatable bonds is 1. The van der Waals surface area contributed by atoms with Gasteiger partial charge in [0.05, 0.1) is 22.8 Å². The molecule has 0 amide bonds. The Balaban J connectivity index is 1.95. The van der Waals surface area contributed by atoms with Crippen LogP contribution in [0.1, 0.15) is 67.2 Å². The van der Waals surface area contributed by atoms with Gasteiger partial charge in [0, 0.05) is 12.8 Å². The summed E-state index contributed by atoms with van der Waals surface area (Å²) in [5.74, 6) is -0.578. The minimum Gasteiger partial charge on any atom is -0.298 e. The van der Waals surface area contributed by atoms with Crippen LogP contribution in [0.25, 0.3) is 0 Å². The van der Waals surface area contributed by atoms with Crippen molar-refractivity contribution in [3.8, 4) is 0 Å². The van der Waals surface area contributed by atoms with E-state index in [0.717, 1.165) is 37.1 Å². The van der Waals surface area contributed by atoms with Gasteiger partial charge < -0.3 is 0 Å². The fraction of sp³-hybridized carbons (Fsp3) is 0.647. The Morgan fingerprint density at radius 2 is 1.38 bits per heavy atom. The van der Waals surface area contributed by atoms with Crippen molar-refractivity contribution in [1.82, 2.24) is 9.97 Å². The highest BCUT2D eigenvalue weighted by molar-refractivity contribution is 6.10. The van der Waals surface area contributed by atoms with Gasteiger partial charge in [-0.05, 0) is 39.0 Å². The van der Waals surface area contributed by atoms with Crippen LogP contribution in [0.2, 0.25) is 0 Å². The zero-order chi connectivity index (χ0) is 15.2. The van der Waals surface area contributed by atoms with Crippen LogP contribution in [0.15, 0.2) is 0 Å². The number of carbonyl (C=O) groups excluding carboxylic acids is 2. The maximum absolute atomic E-state index is 12.6. The van der Waals surface area contributed by atoms with Crippen LogP contribution in [0, 0.1) is 26.2 Å². The van der Waals surface area contributed by atoms with E-state index in [1.807, 2.05) is 20.8 Å². The summed E-state index contributed by atoms with van der Waals surface area (Å²) < 4.78 is 0. The van der Waals surface area contributed by atoms with Gasteiger partial charge in [-0.15, -0.1) is 0 Å². The molecule has 1 aromatic rings. The van der Waals surface area contributed by atoms with E-state index in [-0.39, 0.29) is 17.0 Å². The van der Waals surface area contributed by atoms with E-state index >= 15 is 0 Å². The Labute approximate surface area is 125 Å². The molecule has 0 aromatic carbocycles. The first-order chi connectivity index (χ1) is 9.92. The molecule has 2 aliphatic rings. The van der Waals surface area contributed by atoms with E-state index in [1.165, 1.54) is 0 Å². The molecule has 4 nitrogen and oxygen atoms in total. The predicted octanol–water partition coefficient (Wildman–Crippen LogP) is 2.98. The number of Topliss-reactive ketones (excluding diaryl/α,β-unsaturated/α-hetero) is 2. The van der Waals surface area contributed by atoms with Crippen molar-refractivity contribution in [2.24, 2.45) is 5.41 Å². The molecule has 2 aliphatic carbocycles. The highest BCUT2D eigenvalue weighted by Crippen LogP contribution is 2.49. The van der Waals surface area contributed by atoms with E-state index in [4.69, 9.17) is 0 Å². The van der Waals surface area contributed by atoms with Gasteiger partial charge in [-0.3, -0.25) is 19.6 Å². The molecule has 1 spiro atoms. The van der Waals surface area contributed by atoms with Crippen molar-refractivity contribution in [1.29, 1.82) is 0 Å². The van der Waals surface area contributed by atoms with Gasteiger partial charge >= 0.3 is 0 Å². The van der Waals surface area contributed by atoms with E-state index in [2.05, 4.69) is 9.97 Å². The summed E-state index contributed by atoms with van der Waals surface area (Å²) in [6.45, 7) is 5.62. The van der Waals surface area contributed by atoms with Crippen LogP contribution in [0.4, 0.5) is 0 Å². The molecule has 0 radical (unpaired) electrons. The van der Waals surface area contributed by atoms with Crippen molar-refractivity contribution >= 4 is 11.6 Å². The van der Waals surface area contributed by atoms with Crippen LogP contribution in [-0.4, -0.2) is 21.5 Å². The van der Waals surface area contributed by atoms with Crippen molar-refractivity contribution in [3.05, 3.63) is 22.8 Å². The number of hydrogen-bond acceptors (Lipinski definition) is 4. The number of hydrogen-bond donors (Lipinski definition) is 0. The summed E-state index contributed by atoms with van der Waals surface area (Å²) in [7, 11) is 0. The van der Waals surface area contributed by atoms with E-state index in [0.29, 0.717) is 24.2 Å². The molecule has 21 heavy (non-hydrogen) atoms. The summed E-state index contributed by atoms with van der Waals surface area (Å²) in [5, 5.41) is 0. The average Bonchev–Trinajstić information content (AvgIpc) is 2.82. The molecule has 0 N–H and O–H groups in total. The lowest BCUT2D eigenvalue weighted by atomic mass is 9.67. The fourth-order valence-electron chi connectivity index (χ4n) is 3.97. The topological polar surface area (TPSA) is 59.9 Å². The highest BCUT2D eigenvalue weighted by atomic mass is 16.2. The SMILES string of the molecule is Cc1nc(C)c(C2C(=O)CC3(CCCC3)CC2=O)nc1C. The lowest BCUT2D eigenvalue weighted by Crippen LogP contribution is -2.38. The molecule has 2 fully saturated rings. The first-order valence-corrected chi connectivity index (χ1v) is 7.79. The molecular weight excluding hydrogens is 264 g/mol. The number of aromatic nitrogens is 2. The second-order valence-corrected chi connectivity index (χ2v) is 6.79. The van der Waals surface area contributed by atoms with Gasteiger partial charge in [-0.25, -0.2) is 0 Å². The number of aryl methyl sites for hydroxylation is 3. The minimum absolute atomic E-state index is 0.0360. The predicted molar refractivity (Wildman–Crippen MR) is 79.1 cm³/mol. The maximum atomic E-state index is 12.6. The molecule has 0 aliphatic heterocycles. The molecule has 0 bridgehead atoms. The summed E-state index contributed by atoms with van der Waals surface area (Å²) in [4.78, 5) is 34.2. The summed E-state index contributed by atoms with van der Waals surface area (Å²) in [6.07, 6.45) is 5.42. The van der Waals surface area contributed by atoms with Gasteiger partial charge in [-0.2, -0.15) is 0 Å². The average molecular weight is 286 g/mol. The zero-order valence-electron chi connectivity index (χ0n) is 13.0. The zero-order valence-corrected chi connectivity index (χ0v) is 13.0. The van der Waals surface area contributed by atoms with E-state index in [1.54, 1.807) is 0 Å². The third-order valence-corrected chi connectivity index (χ3v) is 5.20. The summed E-state index contributed by atoms with van der Waals surface area (Å²) >= 11 is 0. The first-order valence-electron chi connectivity index (χ1n) is 7.79. The molecule has 4 heteroatoms. The Morgan fingerprint density at radius 1 is 0.857 bits per heavy atom. The molecule has 0 unspecified atom stereocenters. The Hall–Kier alpha value is -1.58. The molecule has 0 saturated heterocycles. The summed E-state index contributed by atoms with van der Waals surface area (Å²) in [5.41, 5.74) is 2.93. The Kier molecular flexibility index (Phi) is 3.42. The number of carbonyl (C=O) groups is 2. The first kappa shape index (κ1) is 14.4. The molecule has 3 rings (SSSR count). The molecular formula is C17H22N2O2. The van der Waals surface area contributed by atoms with Crippen molar-refractivity contribution in [2.45, 2.75) is 65.2 Å². The molecule has 2 saturated carbocycles. The van der Waals surface area contributed by atoms with Gasteiger partial charge in [0.1, 0.15) is 17.5 Å². The van der Waals surface area contributed by atoms with Crippen LogP contribution < -0.4 is 0 Å². The molecule has 1 aromatic heterocycles. The van der Waals surface area contributed by atoms with Crippen LogP contribution in [0.5, 0.6) is 0 Å². The summed E-state index contributed by atoms with van der Waals surface area (Å²) in [6, 6.07) is 0. The number of nitrogens with zero attached hydrogens (tertiary/aromatic N) is 2. The maximum Gasteiger partial charge on any atom is 0.149 e. The molecule has 0 atom stereocenters. The fourth-order valence-corrected chi connectivity index (χ4v) is 3.97.